The van der Waals surface area contributed by atoms with Crippen molar-refractivity contribution in [2.24, 2.45) is 0 Å². The van der Waals surface area contributed by atoms with E-state index in [4.69, 9.17) is 14.3 Å². The summed E-state index contributed by atoms with van der Waals surface area (Å²) in [6, 6.07) is 19.4. The molecule has 0 fully saturated rings. The summed E-state index contributed by atoms with van der Waals surface area (Å²) in [7, 11) is 1.87. The fraction of sp³-hybridized carbons (Fsp3) is 0.276. The number of aryl methyl sites for hydroxylation is 2. The van der Waals surface area contributed by atoms with Crippen molar-refractivity contribution in [1.29, 1.82) is 0 Å². The molecule has 0 amide bonds. The van der Waals surface area contributed by atoms with Crippen LogP contribution < -0.4 is 10.1 Å². The second-order valence-corrected chi connectivity index (χ2v) is 10.5. The summed E-state index contributed by atoms with van der Waals surface area (Å²) in [5.74, 6) is 1.39. The number of ether oxygens (including phenoxy) is 1. The molecule has 0 aliphatic heterocycles. The number of aldehydes is 1. The number of carboxylic acid groups (broad SMARTS) is 1. The number of aromatic nitrogens is 1. The molecule has 200 valence electrons. The second kappa shape index (κ2) is 15.1. The lowest BCUT2D eigenvalue weighted by atomic mass is 10.0. The lowest BCUT2D eigenvalue weighted by Gasteiger charge is -2.12. The van der Waals surface area contributed by atoms with E-state index < -0.39 is 5.97 Å². The van der Waals surface area contributed by atoms with E-state index in [-0.39, 0.29) is 6.42 Å². The van der Waals surface area contributed by atoms with Gasteiger partial charge in [0.15, 0.2) is 6.29 Å². The number of thiophene rings is 1. The van der Waals surface area contributed by atoms with Crippen LogP contribution in [0, 0.1) is 6.92 Å². The molecule has 7 nitrogen and oxygen atoms in total. The first-order valence-corrected chi connectivity index (χ1v) is 14.2. The molecule has 0 aliphatic rings. The Labute approximate surface area is 231 Å². The van der Waals surface area contributed by atoms with E-state index in [2.05, 4.69) is 10.3 Å². The van der Waals surface area contributed by atoms with Crippen LogP contribution in [-0.2, 0) is 24.2 Å². The fourth-order valence-corrected chi connectivity index (χ4v) is 5.05. The van der Waals surface area contributed by atoms with Crippen LogP contribution >= 0.6 is 23.1 Å². The summed E-state index contributed by atoms with van der Waals surface area (Å²) in [5.41, 5.74) is 3.91. The van der Waals surface area contributed by atoms with Gasteiger partial charge < -0.3 is 19.6 Å². The molecule has 0 aliphatic carbocycles. The molecule has 0 saturated carbocycles. The predicted molar refractivity (Wildman–Crippen MR) is 153 cm³/mol. The van der Waals surface area contributed by atoms with Crippen molar-refractivity contribution < 1.29 is 23.8 Å². The van der Waals surface area contributed by atoms with Crippen LogP contribution in [0.1, 0.15) is 38.7 Å². The Bertz CT molecular complexity index is 1320. The summed E-state index contributed by atoms with van der Waals surface area (Å²) in [5, 5.41) is 12.0. The Morgan fingerprint density at radius 2 is 1.92 bits per heavy atom. The van der Waals surface area contributed by atoms with Crippen molar-refractivity contribution in [2.75, 3.05) is 19.9 Å². The van der Waals surface area contributed by atoms with Crippen molar-refractivity contribution in [3.8, 4) is 17.2 Å². The highest BCUT2D eigenvalue weighted by atomic mass is 32.2. The highest BCUT2D eigenvalue weighted by Gasteiger charge is 2.12. The number of benzene rings is 2. The van der Waals surface area contributed by atoms with Crippen molar-refractivity contribution >= 4 is 35.4 Å². The van der Waals surface area contributed by atoms with Crippen molar-refractivity contribution in [2.45, 2.75) is 36.9 Å². The number of oxazole rings is 1. The summed E-state index contributed by atoms with van der Waals surface area (Å²) in [6.07, 6.45) is 4.15. The number of nitrogens with one attached hydrogen (secondary N) is 1. The second-order valence-electron chi connectivity index (χ2n) is 8.32. The third-order valence-electron chi connectivity index (χ3n) is 5.59. The van der Waals surface area contributed by atoms with Crippen molar-refractivity contribution in [3.63, 3.8) is 0 Å². The van der Waals surface area contributed by atoms with Crippen LogP contribution in [0.2, 0.25) is 0 Å². The van der Waals surface area contributed by atoms with Gasteiger partial charge in [0.2, 0.25) is 5.89 Å². The number of aliphatic carboxylic acids is 1. The van der Waals surface area contributed by atoms with E-state index in [9.17, 15) is 9.59 Å². The van der Waals surface area contributed by atoms with Gasteiger partial charge in [-0.1, -0.05) is 24.3 Å². The van der Waals surface area contributed by atoms with Gasteiger partial charge in [-0.05, 0) is 74.2 Å². The molecule has 0 bridgehead atoms. The van der Waals surface area contributed by atoms with E-state index in [0.717, 1.165) is 45.1 Å². The molecule has 4 aromatic rings. The minimum atomic E-state index is -0.793. The molecule has 0 radical (unpaired) electrons. The van der Waals surface area contributed by atoms with Crippen LogP contribution in [-0.4, -0.2) is 42.3 Å². The van der Waals surface area contributed by atoms with E-state index in [1.807, 2.05) is 80.9 Å². The predicted octanol–water partition coefficient (Wildman–Crippen LogP) is 6.29. The first kappa shape index (κ1) is 29.2. The van der Waals surface area contributed by atoms with Gasteiger partial charge in [0.05, 0.1) is 21.4 Å². The van der Waals surface area contributed by atoms with Crippen LogP contribution in [0.4, 0.5) is 0 Å². The molecule has 2 heterocycles. The molecule has 2 N–H and O–H groups in total. The average Bonchev–Trinajstić information content (AvgIpc) is 3.55. The molecule has 9 heteroatoms. The number of hydrogen-bond donors (Lipinski definition) is 2. The van der Waals surface area contributed by atoms with Crippen molar-refractivity contribution in [1.82, 2.24) is 10.3 Å². The zero-order valence-corrected chi connectivity index (χ0v) is 23.4. The fourth-order valence-electron chi connectivity index (χ4n) is 3.67. The number of hydrogen-bond acceptors (Lipinski definition) is 8. The highest BCUT2D eigenvalue weighted by Crippen LogP contribution is 2.24. The van der Waals surface area contributed by atoms with Gasteiger partial charge in [0.25, 0.3) is 0 Å². The summed E-state index contributed by atoms with van der Waals surface area (Å²) < 4.78 is 12.9. The number of carboxylic acids is 1. The zero-order valence-electron chi connectivity index (χ0n) is 21.7. The standard InChI is InChI=1S/C23H26N2O4.C6H6OS2/c1-16-21(25-23(29-16)18-6-4-3-5-7-18)12-13-28-20-10-8-17(9-11-22(26)27)19(14-20)15-24-2;1-8-6-3-2-5(4-7)9-6/h3-8,10,14,24H,9,11-13,15H2,1-2H3,(H,26,27);2-4H,1H3. The smallest absolute Gasteiger partial charge is 0.303 e. The van der Waals surface area contributed by atoms with Gasteiger partial charge in [0, 0.05) is 24.9 Å². The molecule has 0 atom stereocenters. The topological polar surface area (TPSA) is 102 Å². The van der Waals surface area contributed by atoms with Gasteiger partial charge in [-0.25, -0.2) is 4.98 Å². The molecule has 38 heavy (non-hydrogen) atoms. The molecule has 0 unspecified atom stereocenters. The maximum atomic E-state index is 10.9. The van der Waals surface area contributed by atoms with Gasteiger partial charge >= 0.3 is 5.97 Å². The van der Waals surface area contributed by atoms with Gasteiger partial charge in [-0.3, -0.25) is 9.59 Å². The third-order valence-corrected chi connectivity index (χ3v) is 7.69. The Morgan fingerprint density at radius 1 is 1.13 bits per heavy atom. The van der Waals surface area contributed by atoms with Crippen LogP contribution in [0.15, 0.2) is 69.3 Å². The average molecular weight is 553 g/mol. The van der Waals surface area contributed by atoms with Crippen LogP contribution in [0.5, 0.6) is 5.75 Å². The van der Waals surface area contributed by atoms with E-state index in [0.29, 0.717) is 31.9 Å². The van der Waals surface area contributed by atoms with Gasteiger partial charge in [0.1, 0.15) is 11.5 Å². The Hall–Kier alpha value is -3.40. The lowest BCUT2D eigenvalue weighted by Crippen LogP contribution is -2.10. The Kier molecular flexibility index (Phi) is 11.6. The number of thioether (sulfide) groups is 1. The Morgan fingerprint density at radius 3 is 2.55 bits per heavy atom. The summed E-state index contributed by atoms with van der Waals surface area (Å²) in [6.45, 7) is 3.06. The van der Waals surface area contributed by atoms with E-state index in [1.165, 1.54) is 15.5 Å². The van der Waals surface area contributed by atoms with E-state index in [1.54, 1.807) is 11.8 Å². The molecular formula is C29H32N2O5S2. The normalized spacial score (nSPS) is 10.5. The monoisotopic (exact) mass is 552 g/mol. The van der Waals surface area contributed by atoms with Crippen LogP contribution in [0.3, 0.4) is 0 Å². The minimum absolute atomic E-state index is 0.117. The first-order valence-electron chi connectivity index (χ1n) is 12.1. The van der Waals surface area contributed by atoms with Gasteiger partial charge in [-0.15, -0.1) is 23.1 Å². The number of carbonyl (C=O) groups excluding carboxylic acids is 1. The SMILES string of the molecule is CNCc1cc(OCCc2nc(-c3ccccc3)oc2C)ccc1CCC(=O)O.CSc1ccc(C=O)s1. The molecule has 0 spiro atoms. The highest BCUT2D eigenvalue weighted by molar-refractivity contribution is 8.00. The molecule has 4 rings (SSSR count). The summed E-state index contributed by atoms with van der Waals surface area (Å²) >= 11 is 3.19. The van der Waals surface area contributed by atoms with Gasteiger partial charge in [-0.2, -0.15) is 0 Å². The Balaban J connectivity index is 0.000000375. The first-order chi connectivity index (χ1) is 18.4. The maximum Gasteiger partial charge on any atom is 0.303 e. The largest absolute Gasteiger partial charge is 0.493 e. The van der Waals surface area contributed by atoms with E-state index >= 15 is 0 Å². The zero-order chi connectivity index (χ0) is 27.3. The molecule has 2 aromatic carbocycles. The lowest BCUT2D eigenvalue weighted by molar-refractivity contribution is -0.136. The minimum Gasteiger partial charge on any atom is -0.493 e. The van der Waals surface area contributed by atoms with Crippen molar-refractivity contribution in [3.05, 3.63) is 88.1 Å². The third kappa shape index (κ3) is 8.86. The molecule has 2 aromatic heterocycles. The summed E-state index contributed by atoms with van der Waals surface area (Å²) in [4.78, 5) is 26.4. The maximum absolute atomic E-state index is 10.9. The number of rotatable bonds is 12. The molecule has 0 saturated heterocycles. The molecular weight excluding hydrogens is 520 g/mol. The number of carbonyl (C=O) groups is 2. The number of nitrogens with zero attached hydrogens (tertiary/aromatic N) is 1. The van der Waals surface area contributed by atoms with Crippen LogP contribution in [0.25, 0.3) is 11.5 Å². The quantitative estimate of drug-likeness (QED) is 0.156.